The molecule has 5 heteroatoms. The van der Waals surface area contributed by atoms with Crippen LogP contribution in [0.15, 0.2) is 30.3 Å². The van der Waals surface area contributed by atoms with Gasteiger partial charge in [-0.15, -0.1) is 0 Å². The van der Waals surface area contributed by atoms with Crippen LogP contribution in [-0.2, 0) is 15.5 Å². The average Bonchev–Trinajstić information content (AvgIpc) is 2.47. The van der Waals surface area contributed by atoms with Crippen molar-refractivity contribution in [1.82, 2.24) is 0 Å². The van der Waals surface area contributed by atoms with Crippen molar-refractivity contribution < 1.29 is 18.3 Å². The SMILES string of the molecule is CCCC(CN)(CC(F)(F)c1ccccc1)C(=O)OCC. The minimum absolute atomic E-state index is 0.108. The van der Waals surface area contributed by atoms with E-state index in [-0.39, 0.29) is 25.1 Å². The molecule has 0 radical (unpaired) electrons. The van der Waals surface area contributed by atoms with Crippen LogP contribution in [-0.4, -0.2) is 19.1 Å². The van der Waals surface area contributed by atoms with Gasteiger partial charge in [0.25, 0.3) is 5.92 Å². The smallest absolute Gasteiger partial charge is 0.313 e. The molecule has 0 aliphatic carbocycles. The Labute approximate surface area is 124 Å². The van der Waals surface area contributed by atoms with Gasteiger partial charge in [0.1, 0.15) is 0 Å². The predicted molar refractivity (Wildman–Crippen MR) is 78.0 cm³/mol. The van der Waals surface area contributed by atoms with Crippen molar-refractivity contribution in [3.05, 3.63) is 35.9 Å². The van der Waals surface area contributed by atoms with E-state index in [9.17, 15) is 13.6 Å². The first-order chi connectivity index (χ1) is 9.91. The molecule has 3 nitrogen and oxygen atoms in total. The van der Waals surface area contributed by atoms with E-state index in [0.717, 1.165) is 0 Å². The molecule has 21 heavy (non-hydrogen) atoms. The van der Waals surface area contributed by atoms with E-state index in [1.807, 2.05) is 6.92 Å². The van der Waals surface area contributed by atoms with Crippen LogP contribution in [0.4, 0.5) is 8.78 Å². The molecule has 1 atom stereocenters. The van der Waals surface area contributed by atoms with Gasteiger partial charge in [0, 0.05) is 18.5 Å². The fourth-order valence-electron chi connectivity index (χ4n) is 2.49. The van der Waals surface area contributed by atoms with Crippen molar-refractivity contribution in [2.24, 2.45) is 11.1 Å². The Balaban J connectivity index is 3.07. The molecular weight excluding hydrogens is 276 g/mol. The first-order valence-corrected chi connectivity index (χ1v) is 7.22. The summed E-state index contributed by atoms with van der Waals surface area (Å²) in [6, 6.07) is 7.50. The number of rotatable bonds is 8. The van der Waals surface area contributed by atoms with Gasteiger partial charge in [0.15, 0.2) is 0 Å². The number of carbonyl (C=O) groups excluding carboxylic acids is 1. The van der Waals surface area contributed by atoms with Crippen LogP contribution >= 0.6 is 0 Å². The van der Waals surface area contributed by atoms with Crippen molar-refractivity contribution in [2.75, 3.05) is 13.2 Å². The minimum Gasteiger partial charge on any atom is -0.466 e. The summed E-state index contributed by atoms with van der Waals surface area (Å²) in [7, 11) is 0. The Bertz CT molecular complexity index is 451. The van der Waals surface area contributed by atoms with E-state index < -0.39 is 23.7 Å². The lowest BCUT2D eigenvalue weighted by molar-refractivity contribution is -0.162. The van der Waals surface area contributed by atoms with Gasteiger partial charge in [-0.3, -0.25) is 4.79 Å². The molecule has 0 aromatic heterocycles. The normalized spacial score (nSPS) is 14.5. The molecule has 2 N–H and O–H groups in total. The molecule has 0 fully saturated rings. The lowest BCUT2D eigenvalue weighted by Crippen LogP contribution is -2.43. The van der Waals surface area contributed by atoms with Gasteiger partial charge in [0.2, 0.25) is 0 Å². The molecule has 0 amide bonds. The summed E-state index contributed by atoms with van der Waals surface area (Å²) in [4.78, 5) is 12.2. The van der Waals surface area contributed by atoms with Gasteiger partial charge in [-0.1, -0.05) is 43.7 Å². The van der Waals surface area contributed by atoms with Crippen LogP contribution in [0.1, 0.15) is 38.7 Å². The zero-order valence-electron chi connectivity index (χ0n) is 12.6. The number of esters is 1. The maximum atomic E-state index is 14.5. The highest BCUT2D eigenvalue weighted by atomic mass is 19.3. The van der Waals surface area contributed by atoms with E-state index in [0.29, 0.717) is 6.42 Å². The second-order valence-electron chi connectivity index (χ2n) is 5.20. The highest BCUT2D eigenvalue weighted by Crippen LogP contribution is 2.42. The number of hydrogen-bond acceptors (Lipinski definition) is 3. The Morgan fingerprint density at radius 1 is 1.24 bits per heavy atom. The number of nitrogens with two attached hydrogens (primary N) is 1. The third-order valence-electron chi connectivity index (χ3n) is 3.58. The fourth-order valence-corrected chi connectivity index (χ4v) is 2.49. The Morgan fingerprint density at radius 2 is 1.86 bits per heavy atom. The lowest BCUT2D eigenvalue weighted by Gasteiger charge is -2.33. The van der Waals surface area contributed by atoms with Crippen molar-refractivity contribution in [3.8, 4) is 0 Å². The summed E-state index contributed by atoms with van der Waals surface area (Å²) >= 11 is 0. The van der Waals surface area contributed by atoms with Crippen LogP contribution in [0.25, 0.3) is 0 Å². The van der Waals surface area contributed by atoms with Gasteiger partial charge < -0.3 is 10.5 Å². The van der Waals surface area contributed by atoms with Crippen LogP contribution < -0.4 is 5.73 Å². The molecule has 0 saturated heterocycles. The maximum Gasteiger partial charge on any atom is 0.313 e. The molecule has 1 unspecified atom stereocenters. The first kappa shape index (κ1) is 17.6. The molecular formula is C16H23F2NO2. The van der Waals surface area contributed by atoms with E-state index in [2.05, 4.69) is 0 Å². The van der Waals surface area contributed by atoms with Gasteiger partial charge in [-0.05, 0) is 13.3 Å². The topological polar surface area (TPSA) is 52.3 Å². The number of ether oxygens (including phenoxy) is 1. The number of carbonyl (C=O) groups is 1. The van der Waals surface area contributed by atoms with E-state index in [4.69, 9.17) is 10.5 Å². The first-order valence-electron chi connectivity index (χ1n) is 7.22. The molecule has 118 valence electrons. The summed E-state index contributed by atoms with van der Waals surface area (Å²) in [6.45, 7) is 3.49. The molecule has 0 spiro atoms. The third kappa shape index (κ3) is 4.24. The van der Waals surface area contributed by atoms with Crippen LogP contribution in [0.5, 0.6) is 0 Å². The second kappa shape index (κ2) is 7.50. The molecule has 1 rings (SSSR count). The Kier molecular flexibility index (Phi) is 6.27. The van der Waals surface area contributed by atoms with Crippen molar-refractivity contribution in [3.63, 3.8) is 0 Å². The molecule has 0 heterocycles. The van der Waals surface area contributed by atoms with E-state index in [1.54, 1.807) is 25.1 Å². The summed E-state index contributed by atoms with van der Waals surface area (Å²) in [5.41, 5.74) is 4.22. The van der Waals surface area contributed by atoms with Gasteiger partial charge in [0.05, 0.1) is 12.0 Å². The number of benzene rings is 1. The molecule has 0 aliphatic rings. The quantitative estimate of drug-likeness (QED) is 0.748. The predicted octanol–water partition coefficient (Wildman–Crippen LogP) is 3.48. The van der Waals surface area contributed by atoms with Gasteiger partial charge in [-0.25, -0.2) is 8.78 Å². The minimum atomic E-state index is -3.12. The average molecular weight is 299 g/mol. The lowest BCUT2D eigenvalue weighted by atomic mass is 9.76. The second-order valence-corrected chi connectivity index (χ2v) is 5.20. The van der Waals surface area contributed by atoms with Gasteiger partial charge in [-0.2, -0.15) is 0 Å². The van der Waals surface area contributed by atoms with Crippen LogP contribution in [0.2, 0.25) is 0 Å². The Morgan fingerprint density at radius 3 is 2.33 bits per heavy atom. The summed E-state index contributed by atoms with van der Waals surface area (Å²) in [5.74, 6) is -3.76. The van der Waals surface area contributed by atoms with Crippen molar-refractivity contribution in [1.29, 1.82) is 0 Å². The highest BCUT2D eigenvalue weighted by molar-refractivity contribution is 5.77. The maximum absolute atomic E-state index is 14.5. The monoisotopic (exact) mass is 299 g/mol. The van der Waals surface area contributed by atoms with E-state index in [1.165, 1.54) is 12.1 Å². The number of alkyl halides is 2. The van der Waals surface area contributed by atoms with Crippen molar-refractivity contribution >= 4 is 5.97 Å². The standard InChI is InChI=1S/C16H23F2NO2/c1-3-10-15(12-19,14(20)21-4-2)11-16(17,18)13-8-6-5-7-9-13/h5-9H,3-4,10-12,19H2,1-2H3. The van der Waals surface area contributed by atoms with Gasteiger partial charge >= 0.3 is 5.97 Å². The van der Waals surface area contributed by atoms with Crippen LogP contribution in [0, 0.1) is 5.41 Å². The molecule has 1 aromatic rings. The number of halogens is 2. The fraction of sp³-hybridized carbons (Fsp3) is 0.562. The Hall–Kier alpha value is -1.49. The van der Waals surface area contributed by atoms with Crippen molar-refractivity contribution in [2.45, 2.75) is 39.0 Å². The molecule has 0 saturated carbocycles. The summed E-state index contributed by atoms with van der Waals surface area (Å²) in [5, 5.41) is 0. The summed E-state index contributed by atoms with van der Waals surface area (Å²) in [6.07, 6.45) is 0.235. The van der Waals surface area contributed by atoms with Crippen LogP contribution in [0.3, 0.4) is 0 Å². The molecule has 0 bridgehead atoms. The zero-order valence-corrected chi connectivity index (χ0v) is 12.6. The molecule has 0 aliphatic heterocycles. The number of hydrogen-bond donors (Lipinski definition) is 1. The summed E-state index contributed by atoms with van der Waals surface area (Å²) < 4.78 is 34.0. The largest absolute Gasteiger partial charge is 0.466 e. The van der Waals surface area contributed by atoms with E-state index >= 15 is 0 Å². The zero-order chi connectivity index (χ0) is 15.9. The third-order valence-corrected chi connectivity index (χ3v) is 3.58. The molecule has 1 aromatic carbocycles. The highest BCUT2D eigenvalue weighted by Gasteiger charge is 2.47.